The van der Waals surface area contributed by atoms with Crippen molar-refractivity contribution in [2.24, 2.45) is 0 Å². The van der Waals surface area contributed by atoms with Crippen molar-refractivity contribution in [1.29, 1.82) is 0 Å². The SMILES string of the molecule is CC(C)(c1ccc(OCCOc2ccccc2)cc1)c1cc(C(=O)O)c(O)c(C(C)(C)c2ccccc2)c1. The van der Waals surface area contributed by atoms with Gasteiger partial charge in [-0.3, -0.25) is 0 Å². The van der Waals surface area contributed by atoms with Gasteiger partial charge >= 0.3 is 5.97 Å². The molecule has 0 atom stereocenters. The van der Waals surface area contributed by atoms with E-state index in [4.69, 9.17) is 9.47 Å². The lowest BCUT2D eigenvalue weighted by Gasteiger charge is -2.32. The fourth-order valence-corrected chi connectivity index (χ4v) is 4.62. The van der Waals surface area contributed by atoms with Crippen LogP contribution in [0.5, 0.6) is 17.2 Å². The summed E-state index contributed by atoms with van der Waals surface area (Å²) >= 11 is 0. The van der Waals surface area contributed by atoms with Crippen molar-refractivity contribution in [1.82, 2.24) is 0 Å². The van der Waals surface area contributed by atoms with Gasteiger partial charge < -0.3 is 19.7 Å². The van der Waals surface area contributed by atoms with Crippen molar-refractivity contribution >= 4 is 5.97 Å². The van der Waals surface area contributed by atoms with E-state index in [-0.39, 0.29) is 11.3 Å². The van der Waals surface area contributed by atoms with E-state index in [1.807, 2.05) is 119 Å². The third-order valence-electron chi connectivity index (χ3n) is 7.17. The molecule has 0 amide bonds. The smallest absolute Gasteiger partial charge is 0.339 e. The lowest BCUT2D eigenvalue weighted by atomic mass is 9.72. The minimum absolute atomic E-state index is 0.104. The Morgan fingerprint density at radius 2 is 1.16 bits per heavy atom. The zero-order chi connectivity index (χ0) is 27.3. The monoisotopic (exact) mass is 510 g/mol. The molecule has 38 heavy (non-hydrogen) atoms. The molecule has 0 aliphatic rings. The highest BCUT2D eigenvalue weighted by Crippen LogP contribution is 2.43. The van der Waals surface area contributed by atoms with Crippen LogP contribution >= 0.6 is 0 Å². The normalized spacial score (nSPS) is 11.7. The molecule has 0 unspecified atom stereocenters. The number of para-hydroxylation sites is 1. The second kappa shape index (κ2) is 11.0. The van der Waals surface area contributed by atoms with E-state index in [2.05, 4.69) is 0 Å². The minimum Gasteiger partial charge on any atom is -0.507 e. The van der Waals surface area contributed by atoms with Crippen LogP contribution in [0, 0.1) is 0 Å². The van der Waals surface area contributed by atoms with Crippen LogP contribution in [0.4, 0.5) is 0 Å². The Balaban J connectivity index is 1.58. The van der Waals surface area contributed by atoms with Gasteiger partial charge in [0.2, 0.25) is 0 Å². The molecule has 0 aliphatic carbocycles. The van der Waals surface area contributed by atoms with Gasteiger partial charge in [-0.1, -0.05) is 94.4 Å². The second-order valence-electron chi connectivity index (χ2n) is 10.4. The maximum absolute atomic E-state index is 12.1. The predicted molar refractivity (Wildman–Crippen MR) is 150 cm³/mol. The molecule has 0 fully saturated rings. The van der Waals surface area contributed by atoms with E-state index < -0.39 is 16.8 Å². The molecule has 0 aliphatic heterocycles. The number of carboxylic acids is 1. The average molecular weight is 511 g/mol. The van der Waals surface area contributed by atoms with E-state index in [0.29, 0.717) is 18.8 Å². The first-order valence-corrected chi connectivity index (χ1v) is 12.7. The third kappa shape index (κ3) is 5.67. The molecule has 0 spiro atoms. The maximum atomic E-state index is 12.1. The van der Waals surface area contributed by atoms with Gasteiger partial charge in [-0.05, 0) is 47.0 Å². The molecule has 196 valence electrons. The molecular weight excluding hydrogens is 476 g/mol. The number of carboxylic acid groups (broad SMARTS) is 1. The van der Waals surface area contributed by atoms with Gasteiger partial charge in [0, 0.05) is 16.4 Å². The summed E-state index contributed by atoms with van der Waals surface area (Å²) in [5, 5.41) is 20.9. The van der Waals surface area contributed by atoms with E-state index in [1.165, 1.54) is 0 Å². The summed E-state index contributed by atoms with van der Waals surface area (Å²) < 4.78 is 11.5. The second-order valence-corrected chi connectivity index (χ2v) is 10.4. The van der Waals surface area contributed by atoms with E-state index in [0.717, 1.165) is 28.2 Å². The van der Waals surface area contributed by atoms with E-state index in [1.54, 1.807) is 6.07 Å². The molecule has 2 N–H and O–H groups in total. The summed E-state index contributed by atoms with van der Waals surface area (Å²) in [6, 6.07) is 30.7. The number of phenols is 1. The van der Waals surface area contributed by atoms with Crippen LogP contribution in [-0.2, 0) is 10.8 Å². The highest BCUT2D eigenvalue weighted by Gasteiger charge is 2.33. The van der Waals surface area contributed by atoms with Crippen molar-refractivity contribution < 1.29 is 24.5 Å². The summed E-state index contributed by atoms with van der Waals surface area (Å²) in [6.45, 7) is 8.93. The number of rotatable bonds is 10. The number of ether oxygens (including phenoxy) is 2. The summed E-state index contributed by atoms with van der Waals surface area (Å²) in [5.41, 5.74) is 2.11. The molecular formula is C33H34O5. The number of hydrogen-bond donors (Lipinski definition) is 2. The number of carbonyl (C=O) groups is 1. The average Bonchev–Trinajstić information content (AvgIpc) is 2.92. The quantitative estimate of drug-likeness (QED) is 0.221. The first-order chi connectivity index (χ1) is 18.1. The largest absolute Gasteiger partial charge is 0.507 e. The van der Waals surface area contributed by atoms with Crippen molar-refractivity contribution in [3.8, 4) is 17.2 Å². The Morgan fingerprint density at radius 1 is 0.658 bits per heavy atom. The lowest BCUT2D eigenvalue weighted by molar-refractivity contribution is 0.0693. The number of hydrogen-bond acceptors (Lipinski definition) is 4. The summed E-state index contributed by atoms with van der Waals surface area (Å²) in [4.78, 5) is 12.1. The van der Waals surface area contributed by atoms with Crippen molar-refractivity contribution in [3.63, 3.8) is 0 Å². The highest BCUT2D eigenvalue weighted by molar-refractivity contribution is 5.92. The van der Waals surface area contributed by atoms with Gasteiger partial charge in [-0.25, -0.2) is 4.79 Å². The zero-order valence-electron chi connectivity index (χ0n) is 22.3. The topological polar surface area (TPSA) is 76.0 Å². The first-order valence-electron chi connectivity index (χ1n) is 12.7. The van der Waals surface area contributed by atoms with Gasteiger partial charge in [-0.2, -0.15) is 0 Å². The summed E-state index contributed by atoms with van der Waals surface area (Å²) in [5.74, 6) is 0.167. The minimum atomic E-state index is -1.16. The first kappa shape index (κ1) is 26.8. The summed E-state index contributed by atoms with van der Waals surface area (Å²) in [7, 11) is 0. The van der Waals surface area contributed by atoms with Crippen molar-refractivity contribution in [2.45, 2.75) is 38.5 Å². The molecule has 4 rings (SSSR count). The fourth-order valence-electron chi connectivity index (χ4n) is 4.62. The molecule has 0 saturated heterocycles. The number of benzene rings is 4. The van der Waals surface area contributed by atoms with E-state index >= 15 is 0 Å². The molecule has 4 aromatic rings. The van der Waals surface area contributed by atoms with Gasteiger partial charge in [0.05, 0.1) is 0 Å². The number of aromatic hydroxyl groups is 1. The van der Waals surface area contributed by atoms with Crippen LogP contribution < -0.4 is 9.47 Å². The predicted octanol–water partition coefficient (Wildman–Crippen LogP) is 7.20. The molecule has 0 aromatic heterocycles. The lowest BCUT2D eigenvalue weighted by Crippen LogP contribution is -2.24. The molecule has 0 saturated carbocycles. The Bertz CT molecular complexity index is 1370. The highest BCUT2D eigenvalue weighted by atomic mass is 16.5. The standard InChI is InChI=1S/C33H34O5/c1-32(2,24-15-17-27(18-16-24)38-20-19-37-26-13-9-6-10-14-26)25-21-28(31(35)36)30(34)29(22-25)33(3,4)23-11-7-5-8-12-23/h5-18,21-22,34H,19-20H2,1-4H3,(H,35,36). The third-order valence-corrected chi connectivity index (χ3v) is 7.17. The molecule has 5 nitrogen and oxygen atoms in total. The molecule has 5 heteroatoms. The van der Waals surface area contributed by atoms with Gasteiger partial charge in [0.15, 0.2) is 0 Å². The van der Waals surface area contributed by atoms with Gasteiger partial charge in [0.25, 0.3) is 0 Å². The van der Waals surface area contributed by atoms with Crippen LogP contribution in [0.15, 0.2) is 97.1 Å². The van der Waals surface area contributed by atoms with Crippen molar-refractivity contribution in [2.75, 3.05) is 13.2 Å². The van der Waals surface area contributed by atoms with Crippen LogP contribution in [0.2, 0.25) is 0 Å². The van der Waals surface area contributed by atoms with Gasteiger partial charge in [0.1, 0.15) is 36.0 Å². The molecule has 0 radical (unpaired) electrons. The molecule has 0 heterocycles. The van der Waals surface area contributed by atoms with E-state index in [9.17, 15) is 15.0 Å². The van der Waals surface area contributed by atoms with Crippen LogP contribution in [0.25, 0.3) is 0 Å². The Labute approximate surface area is 224 Å². The number of aromatic carboxylic acids is 1. The van der Waals surface area contributed by atoms with Crippen LogP contribution in [0.3, 0.4) is 0 Å². The Kier molecular flexibility index (Phi) is 7.77. The fraction of sp³-hybridized carbons (Fsp3) is 0.242. The Morgan fingerprint density at radius 3 is 1.71 bits per heavy atom. The van der Waals surface area contributed by atoms with Crippen molar-refractivity contribution in [3.05, 3.63) is 125 Å². The Hall–Kier alpha value is -4.25. The zero-order valence-corrected chi connectivity index (χ0v) is 22.3. The molecule has 4 aromatic carbocycles. The van der Waals surface area contributed by atoms with Gasteiger partial charge in [-0.15, -0.1) is 0 Å². The van der Waals surface area contributed by atoms with Crippen LogP contribution in [0.1, 0.15) is 60.3 Å². The maximum Gasteiger partial charge on any atom is 0.339 e. The summed E-state index contributed by atoms with van der Waals surface area (Å²) in [6.07, 6.45) is 0. The van der Waals surface area contributed by atoms with Crippen LogP contribution in [-0.4, -0.2) is 29.4 Å². The molecule has 0 bridgehead atoms.